The third-order valence-corrected chi connectivity index (χ3v) is 11.5. The van der Waals surface area contributed by atoms with E-state index >= 15 is 0 Å². The highest BCUT2D eigenvalue weighted by Crippen LogP contribution is 2.65. The van der Waals surface area contributed by atoms with Crippen LogP contribution in [0.15, 0.2) is 48.5 Å². The molecule has 2 saturated carbocycles. The van der Waals surface area contributed by atoms with Crippen molar-refractivity contribution in [2.45, 2.75) is 62.3 Å². The van der Waals surface area contributed by atoms with Crippen LogP contribution in [0.5, 0.6) is 0 Å². The number of ether oxygens (including phenoxy) is 1. The summed E-state index contributed by atoms with van der Waals surface area (Å²) in [5, 5.41) is 0.822. The third kappa shape index (κ3) is 5.21. The fraction of sp³-hybridized carbons (Fsp3) is 0.517. The Hall–Kier alpha value is -2.13. The van der Waals surface area contributed by atoms with Crippen LogP contribution in [0.1, 0.15) is 62.1 Å². The van der Waals surface area contributed by atoms with Gasteiger partial charge in [-0.3, -0.25) is 9.59 Å². The van der Waals surface area contributed by atoms with Crippen molar-refractivity contribution in [3.63, 3.8) is 0 Å². The molecule has 0 bridgehead atoms. The number of rotatable bonds is 9. The average Bonchev–Trinajstić information content (AvgIpc) is 3.84. The fourth-order valence-corrected chi connectivity index (χ4v) is 8.25. The summed E-state index contributed by atoms with van der Waals surface area (Å²) in [5.74, 6) is -1.23. The number of amides is 1. The van der Waals surface area contributed by atoms with Gasteiger partial charge in [-0.2, -0.15) is 0 Å². The van der Waals surface area contributed by atoms with E-state index in [4.69, 9.17) is 27.9 Å². The van der Waals surface area contributed by atoms with Crippen LogP contribution in [0.3, 0.4) is 0 Å². The van der Waals surface area contributed by atoms with Crippen molar-refractivity contribution in [3.05, 3.63) is 69.7 Å². The fourth-order valence-electron chi connectivity index (χ4n) is 6.31. The highest BCUT2D eigenvalue weighted by molar-refractivity contribution is 7.90. The molecule has 3 fully saturated rings. The molecule has 0 radical (unpaired) electrons. The third-order valence-electron chi connectivity index (χ3n) is 8.69. The van der Waals surface area contributed by atoms with Crippen molar-refractivity contribution in [1.29, 1.82) is 0 Å². The summed E-state index contributed by atoms with van der Waals surface area (Å²) in [7, 11) is -0.499. The van der Waals surface area contributed by atoms with Crippen molar-refractivity contribution >= 4 is 45.1 Å². The van der Waals surface area contributed by atoms with Gasteiger partial charge in [0.1, 0.15) is 0 Å². The first-order valence-corrected chi connectivity index (χ1v) is 15.7. The van der Waals surface area contributed by atoms with Gasteiger partial charge in [0.25, 0.3) is 0 Å². The SMILES string of the molecule is CCC(CN(C)S(=O)(=O)C1CC1)N1C(=O)[C@@]2(C[C@H](c3cccc(Cl)c3)[C@H]1c1ccc(Cl)cc1)C[C@H]2C(=O)OC. The van der Waals surface area contributed by atoms with Crippen LogP contribution in [0, 0.1) is 11.3 Å². The van der Waals surface area contributed by atoms with Gasteiger partial charge in [-0.25, -0.2) is 12.7 Å². The number of nitrogens with zero attached hydrogens (tertiary/aromatic N) is 2. The first-order chi connectivity index (χ1) is 18.5. The molecule has 0 aromatic heterocycles. The molecule has 1 spiro atoms. The largest absolute Gasteiger partial charge is 0.469 e. The Morgan fingerprint density at radius 3 is 2.38 bits per heavy atom. The van der Waals surface area contributed by atoms with Gasteiger partial charge in [0.05, 0.1) is 29.7 Å². The summed E-state index contributed by atoms with van der Waals surface area (Å²) < 4.78 is 32.6. The Morgan fingerprint density at radius 1 is 1.10 bits per heavy atom. The number of likely N-dealkylation sites (N-methyl/N-ethyl adjacent to an activating group) is 1. The minimum atomic E-state index is -3.44. The number of methoxy groups -OCH3 is 1. The minimum absolute atomic E-state index is 0.125. The van der Waals surface area contributed by atoms with Gasteiger partial charge in [0.15, 0.2) is 0 Å². The molecule has 39 heavy (non-hydrogen) atoms. The van der Waals surface area contributed by atoms with E-state index in [-0.39, 0.29) is 29.6 Å². The Kier molecular flexibility index (Phi) is 7.79. The summed E-state index contributed by atoms with van der Waals surface area (Å²) in [6, 6.07) is 14.3. The molecule has 1 saturated heterocycles. The zero-order valence-corrected chi connectivity index (χ0v) is 24.7. The molecular weight excluding hydrogens is 559 g/mol. The lowest BCUT2D eigenvalue weighted by molar-refractivity contribution is -0.155. The summed E-state index contributed by atoms with van der Waals surface area (Å²) in [6.45, 7) is 2.14. The lowest BCUT2D eigenvalue weighted by Crippen LogP contribution is -2.56. The van der Waals surface area contributed by atoms with Crippen LogP contribution in [0.25, 0.3) is 0 Å². The normalized spacial score (nSPS) is 27.6. The molecule has 5 atom stereocenters. The molecule has 1 amide bonds. The molecule has 7 nitrogen and oxygen atoms in total. The Labute approximate surface area is 240 Å². The van der Waals surface area contributed by atoms with Crippen LogP contribution in [0.4, 0.5) is 0 Å². The molecular formula is C29H34Cl2N2O5S. The number of carbonyl (C=O) groups excluding carboxylic acids is 2. The minimum Gasteiger partial charge on any atom is -0.469 e. The number of benzene rings is 2. The topological polar surface area (TPSA) is 84.0 Å². The number of likely N-dealkylation sites (tertiary alicyclic amines) is 1. The highest BCUT2D eigenvalue weighted by atomic mass is 35.5. The Balaban J connectivity index is 1.63. The number of carbonyl (C=O) groups is 2. The predicted molar refractivity (Wildman–Crippen MR) is 151 cm³/mol. The van der Waals surface area contributed by atoms with Crippen molar-refractivity contribution in [3.8, 4) is 0 Å². The molecule has 1 heterocycles. The highest BCUT2D eigenvalue weighted by Gasteiger charge is 2.69. The number of halogens is 2. The van der Waals surface area contributed by atoms with Crippen LogP contribution < -0.4 is 0 Å². The molecule has 1 unspecified atom stereocenters. The van der Waals surface area contributed by atoms with Gasteiger partial charge in [-0.15, -0.1) is 0 Å². The number of esters is 1. The van der Waals surface area contributed by atoms with E-state index in [1.807, 2.05) is 48.2 Å². The molecule has 210 valence electrons. The molecule has 2 aliphatic carbocycles. The van der Waals surface area contributed by atoms with Crippen molar-refractivity contribution < 1.29 is 22.7 Å². The predicted octanol–water partition coefficient (Wildman–Crippen LogP) is 5.43. The average molecular weight is 594 g/mol. The number of sulfonamides is 1. The maximum atomic E-state index is 14.5. The van der Waals surface area contributed by atoms with E-state index < -0.39 is 33.4 Å². The monoisotopic (exact) mass is 592 g/mol. The number of hydrogen-bond acceptors (Lipinski definition) is 5. The summed E-state index contributed by atoms with van der Waals surface area (Å²) in [5.41, 5.74) is 0.960. The van der Waals surface area contributed by atoms with E-state index in [9.17, 15) is 18.0 Å². The van der Waals surface area contributed by atoms with Crippen LogP contribution in [-0.4, -0.2) is 61.5 Å². The van der Waals surface area contributed by atoms with Crippen LogP contribution in [0.2, 0.25) is 10.0 Å². The molecule has 1 aliphatic heterocycles. The van der Waals surface area contributed by atoms with Gasteiger partial charge < -0.3 is 9.64 Å². The van der Waals surface area contributed by atoms with Crippen LogP contribution >= 0.6 is 23.2 Å². The zero-order chi connectivity index (χ0) is 28.1. The molecule has 0 N–H and O–H groups in total. The van der Waals surface area contributed by atoms with E-state index in [1.165, 1.54) is 11.4 Å². The van der Waals surface area contributed by atoms with Gasteiger partial charge in [0, 0.05) is 35.6 Å². The molecule has 2 aromatic rings. The second-order valence-corrected chi connectivity index (χ2v) is 14.3. The summed E-state index contributed by atoms with van der Waals surface area (Å²) >= 11 is 12.7. The van der Waals surface area contributed by atoms with Crippen molar-refractivity contribution in [1.82, 2.24) is 9.21 Å². The van der Waals surface area contributed by atoms with Crippen molar-refractivity contribution in [2.75, 3.05) is 20.7 Å². The number of piperidine rings is 1. The van der Waals surface area contributed by atoms with E-state index in [0.717, 1.165) is 11.1 Å². The maximum absolute atomic E-state index is 14.5. The van der Waals surface area contributed by atoms with Crippen molar-refractivity contribution in [2.24, 2.45) is 11.3 Å². The number of hydrogen-bond donors (Lipinski definition) is 0. The second kappa shape index (κ2) is 10.7. The lowest BCUT2D eigenvalue weighted by Gasteiger charge is -2.49. The first-order valence-electron chi connectivity index (χ1n) is 13.4. The quantitative estimate of drug-likeness (QED) is 0.362. The second-order valence-electron chi connectivity index (χ2n) is 11.1. The van der Waals surface area contributed by atoms with Crippen LogP contribution in [-0.2, 0) is 24.3 Å². The van der Waals surface area contributed by atoms with Gasteiger partial charge in [-0.1, -0.05) is 54.4 Å². The van der Waals surface area contributed by atoms with Gasteiger partial charge in [0.2, 0.25) is 15.9 Å². The lowest BCUT2D eigenvalue weighted by atomic mass is 9.72. The Morgan fingerprint density at radius 2 is 1.79 bits per heavy atom. The first kappa shape index (κ1) is 28.4. The standard InChI is InChI=1S/C29H34Cl2N2O5S/c1-4-22(17-32(2)39(36,37)23-12-13-23)33-26(18-8-10-20(30)11-9-18)24(19-6-5-7-21(31)14-19)15-29(28(33)35)16-25(29)27(34)38-3/h5-11,14,22-26H,4,12-13,15-17H2,1-3H3/t22?,24-,25+,26-,29+/m1/s1. The smallest absolute Gasteiger partial charge is 0.309 e. The van der Waals surface area contributed by atoms with E-state index in [1.54, 1.807) is 19.2 Å². The maximum Gasteiger partial charge on any atom is 0.309 e. The molecule has 3 aliphatic rings. The zero-order valence-electron chi connectivity index (χ0n) is 22.3. The molecule has 2 aromatic carbocycles. The van der Waals surface area contributed by atoms with Gasteiger partial charge in [-0.05, 0) is 67.5 Å². The summed E-state index contributed by atoms with van der Waals surface area (Å²) in [4.78, 5) is 29.1. The van der Waals surface area contributed by atoms with E-state index in [2.05, 4.69) is 0 Å². The molecule has 5 rings (SSSR count). The Bertz CT molecular complexity index is 1360. The molecule has 10 heteroatoms. The van der Waals surface area contributed by atoms with Gasteiger partial charge >= 0.3 is 5.97 Å². The summed E-state index contributed by atoms with van der Waals surface area (Å²) in [6.07, 6.45) is 2.75. The van der Waals surface area contributed by atoms with E-state index in [0.29, 0.717) is 42.1 Å².